The average molecular weight is 407 g/mol. The van der Waals surface area contributed by atoms with E-state index in [1.165, 1.54) is 11.8 Å². The molecule has 1 aliphatic heterocycles. The van der Waals surface area contributed by atoms with Crippen LogP contribution in [-0.4, -0.2) is 72.6 Å². The summed E-state index contributed by atoms with van der Waals surface area (Å²) in [6.45, 7) is 5.85. The van der Waals surface area contributed by atoms with Gasteiger partial charge in [-0.3, -0.25) is 4.79 Å². The summed E-state index contributed by atoms with van der Waals surface area (Å²) < 4.78 is 30.3. The predicted octanol–water partition coefficient (Wildman–Crippen LogP) is 1.17. The van der Waals surface area contributed by atoms with Gasteiger partial charge in [0.2, 0.25) is 5.91 Å². The first-order valence-corrected chi connectivity index (χ1v) is 11.0. The first-order valence-electron chi connectivity index (χ1n) is 9.27. The summed E-state index contributed by atoms with van der Waals surface area (Å²) in [6.07, 6.45) is 1.18. The van der Waals surface area contributed by atoms with Crippen molar-refractivity contribution >= 4 is 27.8 Å². The van der Waals surface area contributed by atoms with Crippen molar-refractivity contribution in [3.8, 4) is 0 Å². The fourth-order valence-corrected chi connectivity index (χ4v) is 5.28. The Hall–Kier alpha value is -1.84. The van der Waals surface area contributed by atoms with Gasteiger partial charge in [-0.2, -0.15) is 0 Å². The molecular formula is C17H30N2O7S. The van der Waals surface area contributed by atoms with Crippen molar-refractivity contribution in [1.29, 1.82) is 0 Å². The number of nitrogens with one attached hydrogen (secondary N) is 1. The van der Waals surface area contributed by atoms with Gasteiger partial charge in [-0.1, -0.05) is 26.7 Å². The van der Waals surface area contributed by atoms with Crippen LogP contribution in [0.2, 0.25) is 0 Å². The SMILES string of the molecule is CCCC(CCC)S(=O)(=O)C[C@@H](NC(=O)O[C@@H]1CCN(C(C)=O)C1)C(=O)O. The number of likely N-dealkylation sites (tertiary alicyclic amines) is 1. The molecule has 1 aliphatic rings. The number of hydrogen-bond donors (Lipinski definition) is 2. The Balaban J connectivity index is 2.69. The van der Waals surface area contributed by atoms with Gasteiger partial charge >= 0.3 is 12.1 Å². The van der Waals surface area contributed by atoms with E-state index in [1.54, 1.807) is 0 Å². The van der Waals surface area contributed by atoms with E-state index in [0.29, 0.717) is 38.6 Å². The smallest absolute Gasteiger partial charge is 0.408 e. The normalized spacial score (nSPS) is 18.4. The van der Waals surface area contributed by atoms with E-state index in [-0.39, 0.29) is 12.5 Å². The molecule has 0 unspecified atom stereocenters. The number of amides is 2. The summed E-state index contributed by atoms with van der Waals surface area (Å²) in [7, 11) is -3.69. The number of carboxylic acid groups (broad SMARTS) is 1. The van der Waals surface area contributed by atoms with Crippen molar-refractivity contribution in [3.63, 3.8) is 0 Å². The zero-order valence-corrected chi connectivity index (χ0v) is 17.0. The molecule has 0 saturated carbocycles. The van der Waals surface area contributed by atoms with Crippen LogP contribution >= 0.6 is 0 Å². The van der Waals surface area contributed by atoms with Crippen LogP contribution in [0.3, 0.4) is 0 Å². The highest BCUT2D eigenvalue weighted by Gasteiger charge is 2.33. The maximum atomic E-state index is 12.6. The molecule has 0 radical (unpaired) electrons. The second-order valence-corrected chi connectivity index (χ2v) is 9.17. The lowest BCUT2D eigenvalue weighted by Gasteiger charge is -2.21. The summed E-state index contributed by atoms with van der Waals surface area (Å²) in [5.41, 5.74) is 0. The van der Waals surface area contributed by atoms with Crippen molar-refractivity contribution in [2.75, 3.05) is 18.8 Å². The molecule has 2 N–H and O–H groups in total. The lowest BCUT2D eigenvalue weighted by Crippen LogP contribution is -2.48. The van der Waals surface area contributed by atoms with Gasteiger partial charge in [0.1, 0.15) is 12.1 Å². The molecule has 0 aromatic rings. The molecule has 0 spiro atoms. The zero-order chi connectivity index (χ0) is 20.6. The van der Waals surface area contributed by atoms with E-state index >= 15 is 0 Å². The molecular weight excluding hydrogens is 376 g/mol. The van der Waals surface area contributed by atoms with Crippen molar-refractivity contribution in [2.45, 2.75) is 70.3 Å². The molecule has 156 valence electrons. The third-order valence-corrected chi connectivity index (χ3v) is 6.87. The minimum absolute atomic E-state index is 0.131. The van der Waals surface area contributed by atoms with E-state index in [9.17, 15) is 27.9 Å². The molecule has 0 aliphatic carbocycles. The van der Waals surface area contributed by atoms with E-state index in [4.69, 9.17) is 4.74 Å². The fraction of sp³-hybridized carbons (Fsp3) is 0.824. The van der Waals surface area contributed by atoms with Gasteiger partial charge in [-0.25, -0.2) is 18.0 Å². The minimum Gasteiger partial charge on any atom is -0.480 e. The molecule has 1 fully saturated rings. The number of ether oxygens (including phenoxy) is 1. The molecule has 1 heterocycles. The van der Waals surface area contributed by atoms with Crippen LogP contribution in [0.5, 0.6) is 0 Å². The van der Waals surface area contributed by atoms with Crippen LogP contribution in [0.4, 0.5) is 4.79 Å². The van der Waals surface area contributed by atoms with Crippen LogP contribution < -0.4 is 5.32 Å². The molecule has 2 amide bonds. The van der Waals surface area contributed by atoms with Crippen LogP contribution in [-0.2, 0) is 24.2 Å². The second-order valence-electron chi connectivity index (χ2n) is 6.85. The fourth-order valence-electron chi connectivity index (χ4n) is 3.13. The van der Waals surface area contributed by atoms with Gasteiger partial charge in [0.15, 0.2) is 9.84 Å². The van der Waals surface area contributed by atoms with Gasteiger partial charge in [-0.05, 0) is 12.8 Å². The van der Waals surface area contributed by atoms with Crippen LogP contribution in [0.15, 0.2) is 0 Å². The Kier molecular flexibility index (Phi) is 9.01. The number of sulfone groups is 1. The van der Waals surface area contributed by atoms with E-state index in [0.717, 1.165) is 0 Å². The van der Waals surface area contributed by atoms with Crippen molar-refractivity contribution < 1.29 is 32.6 Å². The number of carbonyl (C=O) groups is 3. The molecule has 1 saturated heterocycles. The highest BCUT2D eigenvalue weighted by molar-refractivity contribution is 7.92. The first-order chi connectivity index (χ1) is 12.6. The highest BCUT2D eigenvalue weighted by atomic mass is 32.2. The van der Waals surface area contributed by atoms with Gasteiger partial charge in [0.25, 0.3) is 0 Å². The summed E-state index contributed by atoms with van der Waals surface area (Å²) >= 11 is 0. The summed E-state index contributed by atoms with van der Waals surface area (Å²) in [6, 6.07) is -1.58. The van der Waals surface area contributed by atoms with Gasteiger partial charge in [0, 0.05) is 19.9 Å². The van der Waals surface area contributed by atoms with Crippen molar-refractivity contribution in [3.05, 3.63) is 0 Å². The number of hydrogen-bond acceptors (Lipinski definition) is 6. The molecule has 0 aromatic carbocycles. The van der Waals surface area contributed by atoms with Crippen LogP contribution in [0, 0.1) is 0 Å². The number of carboxylic acids is 1. The standard InChI is InChI=1S/C17H30N2O7S/c1-4-6-14(7-5-2)27(24,25)11-15(16(21)22)18-17(23)26-13-8-9-19(10-13)12(3)20/h13-15H,4-11H2,1-3H3,(H,18,23)(H,21,22)/t13-,15-/m1/s1. The third kappa shape index (κ3) is 7.36. The Morgan fingerprint density at radius 3 is 2.26 bits per heavy atom. The quantitative estimate of drug-likeness (QED) is 0.557. The summed E-state index contributed by atoms with van der Waals surface area (Å²) in [5, 5.41) is 10.8. The number of alkyl carbamates (subject to hydrolysis) is 1. The largest absolute Gasteiger partial charge is 0.480 e. The van der Waals surface area contributed by atoms with Crippen LogP contribution in [0.1, 0.15) is 52.9 Å². The van der Waals surface area contributed by atoms with Crippen molar-refractivity contribution in [1.82, 2.24) is 10.2 Å². The Morgan fingerprint density at radius 1 is 1.22 bits per heavy atom. The lowest BCUT2D eigenvalue weighted by atomic mass is 10.2. The maximum Gasteiger partial charge on any atom is 0.408 e. The number of nitrogens with zero attached hydrogens (tertiary/aromatic N) is 1. The number of carbonyl (C=O) groups excluding carboxylic acids is 2. The Bertz CT molecular complexity index is 629. The van der Waals surface area contributed by atoms with E-state index in [1.807, 2.05) is 13.8 Å². The summed E-state index contributed by atoms with van der Waals surface area (Å²) in [5.74, 6) is -2.24. The maximum absolute atomic E-state index is 12.6. The number of aliphatic carboxylic acids is 1. The lowest BCUT2D eigenvalue weighted by molar-refractivity contribution is -0.138. The first kappa shape index (κ1) is 23.2. The Labute approximate surface area is 160 Å². The summed E-state index contributed by atoms with van der Waals surface area (Å²) in [4.78, 5) is 36.3. The van der Waals surface area contributed by atoms with Gasteiger partial charge in [0.05, 0.1) is 17.5 Å². The molecule has 27 heavy (non-hydrogen) atoms. The molecule has 0 bridgehead atoms. The molecule has 1 rings (SSSR count). The zero-order valence-electron chi connectivity index (χ0n) is 16.1. The van der Waals surface area contributed by atoms with Crippen LogP contribution in [0.25, 0.3) is 0 Å². The number of rotatable bonds is 10. The molecule has 0 aromatic heterocycles. The second kappa shape index (κ2) is 10.5. The monoisotopic (exact) mass is 406 g/mol. The topological polar surface area (TPSA) is 130 Å². The van der Waals surface area contributed by atoms with E-state index < -0.39 is 45.0 Å². The minimum atomic E-state index is -3.69. The average Bonchev–Trinajstić information content (AvgIpc) is 3.02. The predicted molar refractivity (Wildman–Crippen MR) is 99.1 cm³/mol. The molecule has 10 heteroatoms. The van der Waals surface area contributed by atoms with Gasteiger partial charge < -0.3 is 20.1 Å². The van der Waals surface area contributed by atoms with Crippen molar-refractivity contribution in [2.24, 2.45) is 0 Å². The Morgan fingerprint density at radius 2 is 1.81 bits per heavy atom. The van der Waals surface area contributed by atoms with E-state index in [2.05, 4.69) is 5.32 Å². The highest BCUT2D eigenvalue weighted by Crippen LogP contribution is 2.17. The van der Waals surface area contributed by atoms with Gasteiger partial charge in [-0.15, -0.1) is 0 Å². The molecule has 2 atom stereocenters. The molecule has 9 nitrogen and oxygen atoms in total. The third-order valence-electron chi connectivity index (χ3n) is 4.58.